The number of carbonyl (C=O) groups is 1. The van der Waals surface area contributed by atoms with Gasteiger partial charge in [0.2, 0.25) is 0 Å². The Hall–Kier alpha value is -1.74. The Balaban J connectivity index is 2.46. The molecule has 0 aromatic rings. The molecule has 2 heterocycles. The molecule has 1 atom stereocenters. The van der Waals surface area contributed by atoms with Crippen molar-refractivity contribution < 1.29 is 9.53 Å². The largest absolute Gasteiger partial charge is 0.462 e. The van der Waals surface area contributed by atoms with E-state index in [-0.39, 0.29) is 12.2 Å². The maximum absolute atomic E-state index is 11.8. The van der Waals surface area contributed by atoms with Crippen LogP contribution in [0, 0.1) is 11.3 Å². The van der Waals surface area contributed by atoms with E-state index >= 15 is 0 Å². The van der Waals surface area contributed by atoms with E-state index in [9.17, 15) is 10.1 Å². The number of nitrogens with one attached hydrogen (secondary N) is 1. The van der Waals surface area contributed by atoms with E-state index in [1.807, 2.05) is 13.0 Å². The van der Waals surface area contributed by atoms with Gasteiger partial charge in [0.05, 0.1) is 12.3 Å². The molecule has 0 bridgehead atoms. The summed E-state index contributed by atoms with van der Waals surface area (Å²) in [6.45, 7) is 5.88. The fourth-order valence-electron chi connectivity index (χ4n) is 2.04. The predicted molar refractivity (Wildman–Crippen MR) is 74.2 cm³/mol. The van der Waals surface area contributed by atoms with Crippen LogP contribution in [0.3, 0.4) is 0 Å². The van der Waals surface area contributed by atoms with E-state index in [0.29, 0.717) is 16.8 Å². The van der Waals surface area contributed by atoms with Gasteiger partial charge in [-0.05, 0) is 20.3 Å². The van der Waals surface area contributed by atoms with Crippen LogP contribution in [0.2, 0.25) is 0 Å². The maximum atomic E-state index is 11.8. The minimum Gasteiger partial charge on any atom is -0.462 e. The van der Waals surface area contributed by atoms with Crippen LogP contribution < -0.4 is 5.32 Å². The molecule has 19 heavy (non-hydrogen) atoms. The molecule has 2 aliphatic heterocycles. The Morgan fingerprint density at radius 3 is 3.05 bits per heavy atom. The van der Waals surface area contributed by atoms with E-state index in [1.54, 1.807) is 18.7 Å². The molecule has 1 unspecified atom stereocenters. The molecule has 100 valence electrons. The molecule has 0 aliphatic carbocycles. The summed E-state index contributed by atoms with van der Waals surface area (Å²) in [6.07, 6.45) is 0.795. The number of carbonyl (C=O) groups excluding carboxylic acids is 1. The van der Waals surface area contributed by atoms with E-state index in [1.165, 1.54) is 0 Å². The van der Waals surface area contributed by atoms with Crippen LogP contribution in [0.4, 0.5) is 0 Å². The second kappa shape index (κ2) is 5.49. The Morgan fingerprint density at radius 2 is 2.42 bits per heavy atom. The average molecular weight is 277 g/mol. The summed E-state index contributed by atoms with van der Waals surface area (Å²) >= 11 is 1.67. The van der Waals surface area contributed by atoms with Crippen molar-refractivity contribution in [3.63, 3.8) is 0 Å². The molecule has 1 N–H and O–H groups in total. The van der Waals surface area contributed by atoms with Gasteiger partial charge in [0, 0.05) is 10.8 Å². The van der Waals surface area contributed by atoms with Crippen molar-refractivity contribution in [2.75, 3.05) is 6.61 Å². The monoisotopic (exact) mass is 277 g/mol. The van der Waals surface area contributed by atoms with Crippen LogP contribution in [0.15, 0.2) is 26.9 Å². The molecule has 0 aromatic heterocycles. The van der Waals surface area contributed by atoms with Gasteiger partial charge in [0.1, 0.15) is 16.9 Å². The zero-order chi connectivity index (χ0) is 14.0. The lowest BCUT2D eigenvalue weighted by molar-refractivity contribution is -0.138. The number of ether oxygens (including phenoxy) is 1. The second-order valence-corrected chi connectivity index (χ2v) is 5.75. The third kappa shape index (κ3) is 2.66. The smallest absolute Gasteiger partial charge is 0.351 e. The van der Waals surface area contributed by atoms with Gasteiger partial charge in [-0.3, -0.25) is 0 Å². The predicted octanol–water partition coefficient (Wildman–Crippen LogP) is 2.09. The summed E-state index contributed by atoms with van der Waals surface area (Å²) < 4.78 is 4.93. The topological polar surface area (TPSA) is 74.5 Å². The average Bonchev–Trinajstić information content (AvgIpc) is 2.70. The lowest BCUT2D eigenvalue weighted by atomic mass is 10.0. The van der Waals surface area contributed by atoms with Gasteiger partial charge < -0.3 is 10.1 Å². The van der Waals surface area contributed by atoms with Crippen molar-refractivity contribution in [2.45, 2.75) is 32.4 Å². The van der Waals surface area contributed by atoms with E-state index < -0.39 is 5.97 Å². The molecule has 0 aromatic carbocycles. The first-order chi connectivity index (χ1) is 9.06. The summed E-state index contributed by atoms with van der Waals surface area (Å²) in [7, 11) is 0. The van der Waals surface area contributed by atoms with Crippen molar-refractivity contribution in [2.24, 2.45) is 4.99 Å². The maximum Gasteiger partial charge on any atom is 0.351 e. The first-order valence-corrected chi connectivity index (χ1v) is 6.98. The van der Waals surface area contributed by atoms with Crippen molar-refractivity contribution in [3.8, 4) is 6.07 Å². The van der Waals surface area contributed by atoms with Crippen LogP contribution in [0.25, 0.3) is 0 Å². The summed E-state index contributed by atoms with van der Waals surface area (Å²) in [5.41, 5.74) is 1.52. The lowest BCUT2D eigenvalue weighted by Gasteiger charge is -2.18. The summed E-state index contributed by atoms with van der Waals surface area (Å²) in [5.74, 6) is 0.103. The molecule has 6 heteroatoms. The third-order valence-electron chi connectivity index (χ3n) is 2.78. The minimum absolute atomic E-state index is 0.0262. The molecular formula is C13H15N3O2S. The fourth-order valence-corrected chi connectivity index (χ4v) is 3.19. The molecule has 2 rings (SSSR count). The highest BCUT2D eigenvalue weighted by molar-refractivity contribution is 8.03. The molecule has 0 radical (unpaired) electrons. The molecule has 0 fully saturated rings. The zero-order valence-corrected chi connectivity index (χ0v) is 11.9. The van der Waals surface area contributed by atoms with Crippen molar-refractivity contribution in [1.82, 2.24) is 5.32 Å². The number of hydrogen-bond acceptors (Lipinski definition) is 6. The minimum atomic E-state index is -0.585. The van der Waals surface area contributed by atoms with Crippen LogP contribution in [0.5, 0.6) is 0 Å². The molecule has 0 saturated heterocycles. The zero-order valence-electron chi connectivity index (χ0n) is 11.1. The molecular weight excluding hydrogens is 262 g/mol. The number of nitriles is 1. The van der Waals surface area contributed by atoms with E-state index in [2.05, 4.69) is 17.2 Å². The van der Waals surface area contributed by atoms with Gasteiger partial charge in [-0.1, -0.05) is 6.92 Å². The van der Waals surface area contributed by atoms with Gasteiger partial charge in [-0.25, -0.2) is 9.79 Å². The highest BCUT2D eigenvalue weighted by Crippen LogP contribution is 2.43. The van der Waals surface area contributed by atoms with Crippen molar-refractivity contribution in [3.05, 3.63) is 21.9 Å². The van der Waals surface area contributed by atoms with Crippen molar-refractivity contribution >= 4 is 23.6 Å². The van der Waals surface area contributed by atoms with Gasteiger partial charge in [0.25, 0.3) is 0 Å². The lowest BCUT2D eigenvalue weighted by Crippen LogP contribution is -2.27. The summed E-state index contributed by atoms with van der Waals surface area (Å²) in [5, 5.41) is 13.6. The number of rotatable bonds is 2. The molecule has 0 saturated carbocycles. The number of esters is 1. The molecule has 2 aliphatic rings. The highest BCUT2D eigenvalue weighted by atomic mass is 32.2. The number of allylic oxidation sites excluding steroid dienone is 1. The Morgan fingerprint density at radius 1 is 1.68 bits per heavy atom. The van der Waals surface area contributed by atoms with Crippen LogP contribution >= 0.6 is 11.8 Å². The number of aliphatic imine (C=N–C) groups is 1. The normalized spacial score (nSPS) is 24.1. The standard InChI is InChI=1S/C13H15N3O2S/c1-4-18-13(17)10(6-14)11-9-5-7(2)19-12(9)16-8(3)15-11/h7H,4-5H2,1-3H3,(H,15,16)/b11-10-. The Kier molecular flexibility index (Phi) is 3.96. The first-order valence-electron chi connectivity index (χ1n) is 6.10. The molecule has 5 nitrogen and oxygen atoms in total. The fraction of sp³-hybridized carbons (Fsp3) is 0.462. The summed E-state index contributed by atoms with van der Waals surface area (Å²) in [4.78, 5) is 16.3. The Bertz CT molecular complexity index is 555. The van der Waals surface area contributed by atoms with Crippen molar-refractivity contribution in [1.29, 1.82) is 5.26 Å². The SMILES string of the molecule is CCOC(=O)/C(C#N)=C1\NC(C)=NC2=C1CC(C)S2. The number of hydrogen-bond donors (Lipinski definition) is 1. The quantitative estimate of drug-likeness (QED) is 0.475. The third-order valence-corrected chi connectivity index (χ3v) is 3.91. The first kappa shape index (κ1) is 13.7. The van der Waals surface area contributed by atoms with E-state index in [4.69, 9.17) is 4.74 Å². The van der Waals surface area contributed by atoms with Crippen LogP contribution in [-0.4, -0.2) is 23.7 Å². The molecule has 0 spiro atoms. The number of nitrogens with zero attached hydrogens (tertiary/aromatic N) is 2. The van der Waals surface area contributed by atoms with E-state index in [0.717, 1.165) is 17.0 Å². The van der Waals surface area contributed by atoms with Gasteiger partial charge in [0.15, 0.2) is 5.57 Å². The van der Waals surface area contributed by atoms with Crippen LogP contribution in [-0.2, 0) is 9.53 Å². The Labute approximate surface area is 116 Å². The summed E-state index contributed by atoms with van der Waals surface area (Å²) in [6, 6.07) is 1.95. The number of thioether (sulfide) groups is 1. The number of amidine groups is 1. The molecule has 0 amide bonds. The van der Waals surface area contributed by atoms with Gasteiger partial charge in [-0.15, -0.1) is 11.8 Å². The van der Waals surface area contributed by atoms with Gasteiger partial charge in [-0.2, -0.15) is 5.26 Å². The second-order valence-electron chi connectivity index (χ2n) is 4.32. The van der Waals surface area contributed by atoms with Crippen LogP contribution in [0.1, 0.15) is 27.2 Å². The van der Waals surface area contributed by atoms with Gasteiger partial charge >= 0.3 is 5.97 Å². The highest BCUT2D eigenvalue weighted by Gasteiger charge is 2.31.